The Hall–Kier alpha value is -3.00. The summed E-state index contributed by atoms with van der Waals surface area (Å²) in [6.45, 7) is 0. The van der Waals surface area contributed by atoms with E-state index in [1.807, 2.05) is 41.8 Å². The van der Waals surface area contributed by atoms with Crippen LogP contribution in [-0.2, 0) is 0 Å². The molecule has 0 amide bonds. The Morgan fingerprint density at radius 3 is 2.45 bits per heavy atom. The van der Waals surface area contributed by atoms with Gasteiger partial charge in [-0.25, -0.2) is 9.78 Å². The molecule has 0 aliphatic carbocycles. The average molecular weight is 513 g/mol. The number of ether oxygens (including phenoxy) is 1. The van der Waals surface area contributed by atoms with Crippen LogP contribution in [0.25, 0.3) is 11.3 Å². The third-order valence-corrected chi connectivity index (χ3v) is 5.72. The van der Waals surface area contributed by atoms with E-state index in [9.17, 15) is 4.79 Å². The molecular weight excluding hydrogens is 498 g/mol. The van der Waals surface area contributed by atoms with Gasteiger partial charge in [-0.1, -0.05) is 39.7 Å². The zero-order valence-corrected chi connectivity index (χ0v) is 19.1. The number of hydrazone groups is 1. The van der Waals surface area contributed by atoms with Gasteiger partial charge in [0.2, 0.25) is 5.13 Å². The molecule has 0 atom stereocenters. The van der Waals surface area contributed by atoms with E-state index in [1.165, 1.54) is 11.3 Å². The Labute approximate surface area is 196 Å². The van der Waals surface area contributed by atoms with Crippen molar-refractivity contribution in [1.82, 2.24) is 4.98 Å². The molecule has 4 aromatic rings. The highest BCUT2D eigenvalue weighted by molar-refractivity contribution is 9.10. The Morgan fingerprint density at radius 2 is 1.74 bits per heavy atom. The number of hydrogen-bond donors (Lipinski definition) is 1. The molecule has 154 valence electrons. The summed E-state index contributed by atoms with van der Waals surface area (Å²) in [7, 11) is 0. The number of anilines is 1. The lowest BCUT2D eigenvalue weighted by Gasteiger charge is -2.04. The number of carbonyl (C=O) groups is 1. The third kappa shape index (κ3) is 5.79. The smallest absolute Gasteiger partial charge is 0.343 e. The Bertz CT molecular complexity index is 1210. The van der Waals surface area contributed by atoms with Crippen molar-refractivity contribution in [3.8, 4) is 17.0 Å². The standard InChI is InChI=1S/C23H15BrClN3O2S/c24-18-7-3-17(4-8-18)22(29)30-20-11-1-15(2-12-20)13-26-28-23-27-21(14-31-23)16-5-9-19(25)10-6-16/h1-14H,(H,27,28)/b26-13-. The van der Waals surface area contributed by atoms with Gasteiger partial charge in [-0.3, -0.25) is 5.43 Å². The summed E-state index contributed by atoms with van der Waals surface area (Å²) in [6.07, 6.45) is 1.67. The number of hydrogen-bond acceptors (Lipinski definition) is 6. The molecule has 1 N–H and O–H groups in total. The lowest BCUT2D eigenvalue weighted by Crippen LogP contribution is -2.08. The Morgan fingerprint density at radius 1 is 1.03 bits per heavy atom. The minimum atomic E-state index is -0.407. The lowest BCUT2D eigenvalue weighted by atomic mass is 10.2. The number of nitrogens with zero attached hydrogens (tertiary/aromatic N) is 2. The molecule has 1 aromatic heterocycles. The number of rotatable bonds is 6. The van der Waals surface area contributed by atoms with Gasteiger partial charge in [0, 0.05) is 20.4 Å². The van der Waals surface area contributed by atoms with E-state index in [2.05, 4.69) is 31.4 Å². The van der Waals surface area contributed by atoms with Crippen LogP contribution in [-0.4, -0.2) is 17.2 Å². The van der Waals surface area contributed by atoms with Gasteiger partial charge < -0.3 is 4.74 Å². The van der Waals surface area contributed by atoms with E-state index in [4.69, 9.17) is 16.3 Å². The molecule has 0 aliphatic rings. The first-order valence-corrected chi connectivity index (χ1v) is 11.2. The number of esters is 1. The maximum atomic E-state index is 12.2. The highest BCUT2D eigenvalue weighted by Crippen LogP contribution is 2.26. The molecule has 0 aliphatic heterocycles. The minimum absolute atomic E-state index is 0.407. The Balaban J connectivity index is 1.33. The van der Waals surface area contributed by atoms with Crippen molar-refractivity contribution >= 4 is 56.2 Å². The molecular formula is C23H15BrClN3O2S. The van der Waals surface area contributed by atoms with Gasteiger partial charge in [0.1, 0.15) is 5.75 Å². The number of carbonyl (C=O) groups excluding carboxylic acids is 1. The van der Waals surface area contributed by atoms with E-state index in [0.717, 1.165) is 21.3 Å². The normalized spacial score (nSPS) is 10.9. The van der Waals surface area contributed by atoms with Gasteiger partial charge in [0.15, 0.2) is 0 Å². The number of benzene rings is 3. The molecule has 31 heavy (non-hydrogen) atoms. The van der Waals surface area contributed by atoms with Gasteiger partial charge in [0.25, 0.3) is 0 Å². The summed E-state index contributed by atoms with van der Waals surface area (Å²) < 4.78 is 6.29. The summed E-state index contributed by atoms with van der Waals surface area (Å²) >= 11 is 10.7. The zero-order chi connectivity index (χ0) is 21.6. The van der Waals surface area contributed by atoms with Gasteiger partial charge in [-0.05, 0) is 66.2 Å². The first-order chi connectivity index (χ1) is 15.1. The van der Waals surface area contributed by atoms with Crippen LogP contribution >= 0.6 is 38.9 Å². The van der Waals surface area contributed by atoms with Crippen molar-refractivity contribution in [2.75, 3.05) is 5.43 Å². The molecule has 0 spiro atoms. The molecule has 8 heteroatoms. The highest BCUT2D eigenvalue weighted by Gasteiger charge is 2.08. The van der Waals surface area contributed by atoms with Crippen LogP contribution in [0.1, 0.15) is 15.9 Å². The minimum Gasteiger partial charge on any atom is -0.423 e. The molecule has 0 radical (unpaired) electrons. The van der Waals surface area contributed by atoms with Crippen molar-refractivity contribution in [1.29, 1.82) is 0 Å². The summed E-state index contributed by atoms with van der Waals surface area (Å²) in [5.74, 6) is 0.0569. The molecule has 5 nitrogen and oxygen atoms in total. The quantitative estimate of drug-likeness (QED) is 0.132. The van der Waals surface area contributed by atoms with Gasteiger partial charge in [-0.2, -0.15) is 5.10 Å². The van der Waals surface area contributed by atoms with E-state index < -0.39 is 5.97 Å². The predicted molar refractivity (Wildman–Crippen MR) is 129 cm³/mol. The van der Waals surface area contributed by atoms with Crippen molar-refractivity contribution in [3.05, 3.63) is 98.8 Å². The Kier molecular flexibility index (Phi) is 6.76. The fourth-order valence-electron chi connectivity index (χ4n) is 2.61. The van der Waals surface area contributed by atoms with Crippen LogP contribution < -0.4 is 10.2 Å². The first-order valence-electron chi connectivity index (χ1n) is 9.15. The van der Waals surface area contributed by atoms with Crippen LogP contribution in [0.15, 0.2) is 87.8 Å². The molecule has 0 bridgehead atoms. The topological polar surface area (TPSA) is 63.6 Å². The summed E-state index contributed by atoms with van der Waals surface area (Å²) in [4.78, 5) is 16.7. The third-order valence-electron chi connectivity index (χ3n) is 4.19. The largest absolute Gasteiger partial charge is 0.423 e. The fraction of sp³-hybridized carbons (Fsp3) is 0. The first kappa shape index (κ1) is 21.2. The van der Waals surface area contributed by atoms with Gasteiger partial charge in [-0.15, -0.1) is 11.3 Å². The SMILES string of the molecule is O=C(Oc1ccc(/C=N\Nc2nc(-c3ccc(Cl)cc3)cs2)cc1)c1ccc(Br)cc1. The molecule has 0 saturated carbocycles. The van der Waals surface area contributed by atoms with Gasteiger partial charge >= 0.3 is 5.97 Å². The molecule has 4 rings (SSSR count). The molecule has 0 unspecified atom stereocenters. The molecule has 0 saturated heterocycles. The van der Waals surface area contributed by atoms with Crippen LogP contribution in [0.2, 0.25) is 5.02 Å². The number of aromatic nitrogens is 1. The monoisotopic (exact) mass is 511 g/mol. The van der Waals surface area contributed by atoms with E-state index in [-0.39, 0.29) is 0 Å². The number of nitrogens with one attached hydrogen (secondary N) is 1. The summed E-state index contributed by atoms with van der Waals surface area (Å²) in [5.41, 5.74) is 6.12. The van der Waals surface area contributed by atoms with Crippen LogP contribution in [0, 0.1) is 0 Å². The van der Waals surface area contributed by atoms with E-state index >= 15 is 0 Å². The molecule has 1 heterocycles. The van der Waals surface area contributed by atoms with E-state index in [1.54, 1.807) is 42.6 Å². The van der Waals surface area contributed by atoms with Crippen molar-refractivity contribution < 1.29 is 9.53 Å². The maximum Gasteiger partial charge on any atom is 0.343 e. The van der Waals surface area contributed by atoms with Crippen molar-refractivity contribution in [2.45, 2.75) is 0 Å². The van der Waals surface area contributed by atoms with Gasteiger partial charge in [0.05, 0.1) is 17.5 Å². The van der Waals surface area contributed by atoms with Crippen LogP contribution in [0.3, 0.4) is 0 Å². The zero-order valence-electron chi connectivity index (χ0n) is 16.0. The van der Waals surface area contributed by atoms with E-state index in [0.29, 0.717) is 21.5 Å². The second kappa shape index (κ2) is 9.87. The molecule has 0 fully saturated rings. The number of thiazole rings is 1. The average Bonchev–Trinajstić information content (AvgIpc) is 3.25. The second-order valence-electron chi connectivity index (χ2n) is 6.38. The van der Waals surface area contributed by atoms with Crippen LogP contribution in [0.4, 0.5) is 5.13 Å². The second-order valence-corrected chi connectivity index (χ2v) is 8.59. The van der Waals surface area contributed by atoms with Crippen LogP contribution in [0.5, 0.6) is 5.75 Å². The highest BCUT2D eigenvalue weighted by atomic mass is 79.9. The fourth-order valence-corrected chi connectivity index (χ4v) is 3.67. The summed E-state index contributed by atoms with van der Waals surface area (Å²) in [5, 5.41) is 7.55. The molecule has 3 aromatic carbocycles. The number of halogens is 2. The van der Waals surface area contributed by atoms with Crippen molar-refractivity contribution in [3.63, 3.8) is 0 Å². The maximum absolute atomic E-state index is 12.2. The lowest BCUT2D eigenvalue weighted by molar-refractivity contribution is 0.0734. The predicted octanol–water partition coefficient (Wildman–Crippen LogP) is 6.89. The summed E-state index contributed by atoms with van der Waals surface area (Å²) in [6, 6.07) is 21.6. The van der Waals surface area contributed by atoms with Crippen molar-refractivity contribution in [2.24, 2.45) is 5.10 Å².